The molecule has 0 saturated carbocycles. The van der Waals surface area contributed by atoms with Gasteiger partial charge in [0, 0.05) is 21.6 Å². The number of Topliss-reactive ketones (excluding diaryl/α,β-unsaturated/α-hetero) is 1. The average Bonchev–Trinajstić information content (AvgIpc) is 2.69. The van der Waals surface area contributed by atoms with Crippen LogP contribution in [0.4, 0.5) is 0 Å². The third kappa shape index (κ3) is 3.15. The molecule has 0 aliphatic heterocycles. The molecule has 0 aliphatic carbocycles. The van der Waals surface area contributed by atoms with Crippen LogP contribution < -0.4 is 0 Å². The maximum absolute atomic E-state index is 12.5. The number of ketones is 1. The first-order valence-corrected chi connectivity index (χ1v) is 8.10. The highest BCUT2D eigenvalue weighted by Gasteiger charge is 2.18. The van der Waals surface area contributed by atoms with Gasteiger partial charge in [0.2, 0.25) is 0 Å². The van der Waals surface area contributed by atoms with Crippen molar-refractivity contribution in [2.45, 2.75) is 26.8 Å². The molecule has 20 heavy (non-hydrogen) atoms. The van der Waals surface area contributed by atoms with Crippen LogP contribution >= 0.6 is 43.5 Å². The van der Waals surface area contributed by atoms with Gasteiger partial charge in [0.05, 0.1) is 22.3 Å². The van der Waals surface area contributed by atoms with E-state index in [2.05, 4.69) is 37.0 Å². The van der Waals surface area contributed by atoms with Crippen LogP contribution in [0.15, 0.2) is 27.1 Å². The summed E-state index contributed by atoms with van der Waals surface area (Å²) < 4.78 is 3.49. The molecule has 3 nitrogen and oxygen atoms in total. The lowest BCUT2D eigenvalue weighted by atomic mass is 10.1. The maximum atomic E-state index is 12.5. The largest absolute Gasteiger partial charge is 0.294 e. The predicted molar refractivity (Wildman–Crippen MR) is 87.5 cm³/mol. The molecule has 1 aromatic carbocycles. The molecule has 2 aromatic rings. The number of aryl methyl sites for hydroxylation is 2. The van der Waals surface area contributed by atoms with Crippen LogP contribution in [0.25, 0.3) is 0 Å². The van der Waals surface area contributed by atoms with Gasteiger partial charge in [-0.15, -0.1) is 0 Å². The minimum absolute atomic E-state index is 0.00896. The minimum atomic E-state index is 0.00896. The molecule has 0 amide bonds. The van der Waals surface area contributed by atoms with Crippen molar-refractivity contribution in [2.24, 2.45) is 0 Å². The van der Waals surface area contributed by atoms with Gasteiger partial charge >= 0.3 is 0 Å². The van der Waals surface area contributed by atoms with E-state index in [9.17, 15) is 4.79 Å². The second-order valence-electron chi connectivity index (χ2n) is 4.39. The van der Waals surface area contributed by atoms with Gasteiger partial charge in [-0.25, -0.2) is 0 Å². The van der Waals surface area contributed by atoms with Crippen LogP contribution in [0.5, 0.6) is 0 Å². The average molecular weight is 421 g/mol. The first-order chi connectivity index (χ1) is 9.43. The van der Waals surface area contributed by atoms with E-state index in [4.69, 9.17) is 11.6 Å². The van der Waals surface area contributed by atoms with Crippen LogP contribution in [0.1, 0.15) is 28.7 Å². The number of hydrogen-bond acceptors (Lipinski definition) is 2. The number of aromatic nitrogens is 2. The highest BCUT2D eigenvalue weighted by atomic mass is 79.9. The van der Waals surface area contributed by atoms with E-state index in [0.29, 0.717) is 10.6 Å². The normalized spacial score (nSPS) is 10.8. The van der Waals surface area contributed by atoms with E-state index >= 15 is 0 Å². The molecule has 1 heterocycles. The third-order valence-corrected chi connectivity index (χ3v) is 4.97. The predicted octanol–water partition coefficient (Wildman–Crippen LogP) is 4.82. The van der Waals surface area contributed by atoms with Crippen LogP contribution in [-0.4, -0.2) is 15.6 Å². The number of carbonyl (C=O) groups is 1. The van der Waals surface area contributed by atoms with Crippen molar-refractivity contribution < 1.29 is 4.79 Å². The Morgan fingerprint density at radius 2 is 2.10 bits per heavy atom. The lowest BCUT2D eigenvalue weighted by Crippen LogP contribution is -2.10. The first-order valence-electron chi connectivity index (χ1n) is 6.14. The smallest absolute Gasteiger partial charge is 0.170 e. The molecule has 0 N–H and O–H groups in total. The first kappa shape index (κ1) is 15.7. The molecule has 0 aliphatic rings. The number of hydrogen-bond donors (Lipinski definition) is 0. The Morgan fingerprint density at radius 3 is 2.75 bits per heavy atom. The van der Waals surface area contributed by atoms with Crippen molar-refractivity contribution in [3.05, 3.63) is 49.1 Å². The molecule has 0 bridgehead atoms. The van der Waals surface area contributed by atoms with Crippen molar-refractivity contribution in [1.82, 2.24) is 9.78 Å². The van der Waals surface area contributed by atoms with Gasteiger partial charge in [-0.05, 0) is 48.0 Å². The van der Waals surface area contributed by atoms with Crippen LogP contribution in [0.2, 0.25) is 5.02 Å². The lowest BCUT2D eigenvalue weighted by Gasteiger charge is -2.07. The van der Waals surface area contributed by atoms with E-state index in [1.54, 1.807) is 18.2 Å². The molecular formula is C14H13Br2ClN2O. The highest BCUT2D eigenvalue weighted by Crippen LogP contribution is 2.26. The number of halogens is 3. The molecule has 0 atom stereocenters. The van der Waals surface area contributed by atoms with Gasteiger partial charge in [0.15, 0.2) is 5.78 Å². The Labute approximate surface area is 139 Å². The quantitative estimate of drug-likeness (QED) is 0.665. The summed E-state index contributed by atoms with van der Waals surface area (Å²) in [6, 6.07) is 5.22. The summed E-state index contributed by atoms with van der Waals surface area (Å²) in [6.07, 6.45) is 0.286. The van der Waals surface area contributed by atoms with Gasteiger partial charge in [-0.3, -0.25) is 9.48 Å². The third-order valence-electron chi connectivity index (χ3n) is 3.01. The summed E-state index contributed by atoms with van der Waals surface area (Å²) in [4.78, 5) is 12.5. The Hall–Kier alpha value is -0.650. The number of rotatable bonds is 4. The Morgan fingerprint density at radius 1 is 1.40 bits per heavy atom. The van der Waals surface area contributed by atoms with Crippen LogP contribution in [0, 0.1) is 6.92 Å². The van der Waals surface area contributed by atoms with Gasteiger partial charge in [0.25, 0.3) is 0 Å². The highest BCUT2D eigenvalue weighted by molar-refractivity contribution is 9.10. The zero-order valence-electron chi connectivity index (χ0n) is 11.1. The molecule has 1 aromatic heterocycles. The van der Waals surface area contributed by atoms with Crippen molar-refractivity contribution in [2.75, 3.05) is 0 Å². The van der Waals surface area contributed by atoms with Crippen LogP contribution in [0.3, 0.4) is 0 Å². The Bertz CT molecular complexity index is 667. The molecule has 6 heteroatoms. The Kier molecular flexibility index (Phi) is 5.04. The van der Waals surface area contributed by atoms with Crippen molar-refractivity contribution in [3.63, 3.8) is 0 Å². The summed E-state index contributed by atoms with van der Waals surface area (Å²) in [7, 11) is 0. The Balaban J connectivity index is 2.35. The fourth-order valence-corrected chi connectivity index (χ4v) is 3.06. The lowest BCUT2D eigenvalue weighted by molar-refractivity contribution is 0.0989. The summed E-state index contributed by atoms with van der Waals surface area (Å²) in [5, 5.41) is 4.95. The molecular weight excluding hydrogens is 407 g/mol. The number of benzene rings is 1. The molecule has 2 rings (SSSR count). The van der Waals surface area contributed by atoms with Gasteiger partial charge < -0.3 is 0 Å². The van der Waals surface area contributed by atoms with Gasteiger partial charge in [-0.1, -0.05) is 27.5 Å². The zero-order valence-corrected chi connectivity index (χ0v) is 15.0. The summed E-state index contributed by atoms with van der Waals surface area (Å²) in [6.45, 7) is 4.65. The van der Waals surface area contributed by atoms with Crippen molar-refractivity contribution in [3.8, 4) is 0 Å². The zero-order chi connectivity index (χ0) is 14.9. The summed E-state index contributed by atoms with van der Waals surface area (Å²) in [5.74, 6) is 0.00896. The van der Waals surface area contributed by atoms with E-state index in [0.717, 1.165) is 26.9 Å². The fraction of sp³-hybridized carbons (Fsp3) is 0.286. The molecule has 0 fully saturated rings. The minimum Gasteiger partial charge on any atom is -0.294 e. The summed E-state index contributed by atoms with van der Waals surface area (Å²) in [5.41, 5.74) is 2.37. The SMILES string of the molecule is CCn1nc(C)c(Br)c1CC(=O)c1cc(Cl)ccc1Br. The van der Waals surface area contributed by atoms with Crippen LogP contribution in [-0.2, 0) is 13.0 Å². The second-order valence-corrected chi connectivity index (χ2v) is 6.47. The van der Waals surface area contributed by atoms with Crippen molar-refractivity contribution in [1.29, 1.82) is 0 Å². The maximum Gasteiger partial charge on any atom is 0.170 e. The van der Waals surface area contributed by atoms with E-state index in [1.165, 1.54) is 0 Å². The molecule has 106 valence electrons. The van der Waals surface area contributed by atoms with Gasteiger partial charge in [0.1, 0.15) is 0 Å². The molecule has 0 spiro atoms. The molecule has 0 saturated heterocycles. The number of carbonyl (C=O) groups excluding carboxylic acids is 1. The topological polar surface area (TPSA) is 34.9 Å². The van der Waals surface area contributed by atoms with Crippen molar-refractivity contribution >= 4 is 49.2 Å². The van der Waals surface area contributed by atoms with E-state index in [-0.39, 0.29) is 12.2 Å². The summed E-state index contributed by atoms with van der Waals surface area (Å²) >= 11 is 12.9. The monoisotopic (exact) mass is 418 g/mol. The second kappa shape index (κ2) is 6.41. The van der Waals surface area contributed by atoms with Gasteiger partial charge in [-0.2, -0.15) is 5.10 Å². The fourth-order valence-electron chi connectivity index (χ4n) is 2.00. The molecule has 0 radical (unpaired) electrons. The van der Waals surface area contributed by atoms with E-state index in [1.807, 2.05) is 18.5 Å². The standard InChI is InChI=1S/C14H13Br2ClN2O/c1-3-19-12(14(16)8(2)18-19)7-13(20)10-6-9(17)4-5-11(10)15/h4-6H,3,7H2,1-2H3. The molecule has 0 unspecified atom stereocenters. The number of nitrogens with zero attached hydrogens (tertiary/aromatic N) is 2. The van der Waals surface area contributed by atoms with E-state index < -0.39 is 0 Å².